The number of ether oxygens (including phenoxy) is 1. The largest absolute Gasteiger partial charge is 0.383 e. The number of amides is 1. The van der Waals surface area contributed by atoms with Gasteiger partial charge in [0.25, 0.3) is 5.91 Å². The highest BCUT2D eigenvalue weighted by molar-refractivity contribution is 6.29. The Morgan fingerprint density at radius 1 is 1.59 bits per heavy atom. The van der Waals surface area contributed by atoms with Crippen LogP contribution < -0.4 is 0 Å². The number of carbonyl (C=O) groups is 1. The average molecular weight is 257 g/mol. The Kier molecular flexibility index (Phi) is 5.38. The molecule has 17 heavy (non-hydrogen) atoms. The van der Waals surface area contributed by atoms with Gasteiger partial charge in [-0.1, -0.05) is 11.6 Å². The number of nitrogens with zero attached hydrogens (tertiary/aromatic N) is 2. The van der Waals surface area contributed by atoms with E-state index in [1.54, 1.807) is 24.1 Å². The second kappa shape index (κ2) is 6.57. The number of hydrogen-bond donors (Lipinski definition) is 0. The second-order valence-electron chi connectivity index (χ2n) is 3.95. The molecule has 0 aliphatic carbocycles. The molecule has 0 unspecified atom stereocenters. The molecule has 5 heteroatoms. The lowest BCUT2D eigenvalue weighted by Gasteiger charge is -2.26. The topological polar surface area (TPSA) is 42.4 Å². The minimum absolute atomic E-state index is 0.0543. The predicted octanol–water partition coefficient (Wildman–Crippen LogP) is 2.23. The van der Waals surface area contributed by atoms with Crippen LogP contribution in [-0.2, 0) is 4.74 Å². The summed E-state index contributed by atoms with van der Waals surface area (Å²) in [6.45, 7) is 5.02. The first-order valence-corrected chi connectivity index (χ1v) is 5.85. The standard InChI is InChI=1S/C12H17ClN2O2/c1-9(2)15(6-7-17-3)12(16)10-4-5-14-11(13)8-10/h4-5,8-9H,6-7H2,1-3H3. The predicted molar refractivity (Wildman–Crippen MR) is 67.3 cm³/mol. The van der Waals surface area contributed by atoms with Crippen molar-refractivity contribution in [3.8, 4) is 0 Å². The molecule has 0 radical (unpaired) electrons. The Bertz CT molecular complexity index is 383. The van der Waals surface area contributed by atoms with Crippen molar-refractivity contribution in [3.63, 3.8) is 0 Å². The van der Waals surface area contributed by atoms with Gasteiger partial charge in [0.2, 0.25) is 0 Å². The highest BCUT2D eigenvalue weighted by Gasteiger charge is 2.18. The Morgan fingerprint density at radius 3 is 2.82 bits per heavy atom. The molecule has 0 aliphatic heterocycles. The van der Waals surface area contributed by atoms with Gasteiger partial charge in [0, 0.05) is 31.5 Å². The third-order valence-electron chi connectivity index (χ3n) is 2.39. The van der Waals surface area contributed by atoms with Gasteiger partial charge in [-0.2, -0.15) is 0 Å². The molecule has 1 aromatic rings. The zero-order chi connectivity index (χ0) is 12.8. The molecule has 0 N–H and O–H groups in total. The maximum Gasteiger partial charge on any atom is 0.254 e. The number of halogens is 1. The maximum absolute atomic E-state index is 12.2. The van der Waals surface area contributed by atoms with Crippen molar-refractivity contribution in [1.29, 1.82) is 0 Å². The smallest absolute Gasteiger partial charge is 0.254 e. The number of methoxy groups -OCH3 is 1. The van der Waals surface area contributed by atoms with E-state index in [1.165, 1.54) is 6.20 Å². The average Bonchev–Trinajstić information content (AvgIpc) is 2.29. The molecule has 0 saturated heterocycles. The minimum Gasteiger partial charge on any atom is -0.383 e. The van der Waals surface area contributed by atoms with Crippen LogP contribution >= 0.6 is 11.6 Å². The summed E-state index contributed by atoms with van der Waals surface area (Å²) >= 11 is 5.77. The Balaban J connectivity index is 2.84. The molecular formula is C12H17ClN2O2. The second-order valence-corrected chi connectivity index (χ2v) is 4.34. The summed E-state index contributed by atoms with van der Waals surface area (Å²) in [7, 11) is 1.62. The van der Waals surface area contributed by atoms with Crippen LogP contribution in [0, 0.1) is 0 Å². The number of hydrogen-bond acceptors (Lipinski definition) is 3. The van der Waals surface area contributed by atoms with Crippen molar-refractivity contribution in [2.45, 2.75) is 19.9 Å². The van der Waals surface area contributed by atoms with Crippen LogP contribution in [0.15, 0.2) is 18.3 Å². The molecule has 94 valence electrons. The molecule has 0 aliphatic rings. The molecule has 0 aromatic carbocycles. The first-order chi connectivity index (χ1) is 8.06. The summed E-state index contributed by atoms with van der Waals surface area (Å²) in [5, 5.41) is 0.325. The number of pyridine rings is 1. The molecule has 0 fully saturated rings. The molecule has 1 heterocycles. The lowest BCUT2D eigenvalue weighted by molar-refractivity contribution is 0.0635. The zero-order valence-electron chi connectivity index (χ0n) is 10.3. The highest BCUT2D eigenvalue weighted by Crippen LogP contribution is 2.11. The molecular weight excluding hydrogens is 240 g/mol. The normalized spacial score (nSPS) is 10.6. The summed E-state index contributed by atoms with van der Waals surface area (Å²) in [6, 6.07) is 3.35. The zero-order valence-corrected chi connectivity index (χ0v) is 11.1. The summed E-state index contributed by atoms with van der Waals surface area (Å²) in [4.78, 5) is 17.8. The Labute approximate surface area is 107 Å². The maximum atomic E-state index is 12.2. The molecule has 1 amide bonds. The van der Waals surface area contributed by atoms with E-state index in [0.717, 1.165) is 0 Å². The molecule has 4 nitrogen and oxygen atoms in total. The molecule has 1 rings (SSSR count). The van der Waals surface area contributed by atoms with E-state index in [0.29, 0.717) is 23.9 Å². The Hall–Kier alpha value is -1.13. The fourth-order valence-corrected chi connectivity index (χ4v) is 1.66. The quantitative estimate of drug-likeness (QED) is 0.759. The lowest BCUT2D eigenvalue weighted by atomic mass is 10.2. The molecule has 1 aromatic heterocycles. The van der Waals surface area contributed by atoms with Gasteiger partial charge in [0.15, 0.2) is 0 Å². The summed E-state index contributed by atoms with van der Waals surface area (Å²) in [6.07, 6.45) is 1.53. The first-order valence-electron chi connectivity index (χ1n) is 5.47. The van der Waals surface area contributed by atoms with Crippen molar-refractivity contribution >= 4 is 17.5 Å². The molecule has 0 atom stereocenters. The van der Waals surface area contributed by atoms with Crippen LogP contribution in [0.3, 0.4) is 0 Å². The fraction of sp³-hybridized carbons (Fsp3) is 0.500. The van der Waals surface area contributed by atoms with Crippen molar-refractivity contribution in [2.75, 3.05) is 20.3 Å². The van der Waals surface area contributed by atoms with Gasteiger partial charge in [-0.25, -0.2) is 4.98 Å². The SMILES string of the molecule is COCCN(C(=O)c1ccnc(Cl)c1)C(C)C. The van der Waals surface area contributed by atoms with E-state index in [-0.39, 0.29) is 11.9 Å². The van der Waals surface area contributed by atoms with Gasteiger partial charge < -0.3 is 9.64 Å². The van der Waals surface area contributed by atoms with Gasteiger partial charge in [-0.15, -0.1) is 0 Å². The van der Waals surface area contributed by atoms with E-state index in [1.807, 2.05) is 13.8 Å². The number of aromatic nitrogens is 1. The van der Waals surface area contributed by atoms with E-state index in [2.05, 4.69) is 4.98 Å². The summed E-state index contributed by atoms with van der Waals surface area (Å²) in [5.74, 6) is -0.0543. The van der Waals surface area contributed by atoms with Gasteiger partial charge in [-0.05, 0) is 26.0 Å². The van der Waals surface area contributed by atoms with Gasteiger partial charge in [-0.3, -0.25) is 4.79 Å². The third kappa shape index (κ3) is 3.98. The highest BCUT2D eigenvalue weighted by atomic mass is 35.5. The summed E-state index contributed by atoms with van der Waals surface area (Å²) < 4.78 is 5.00. The van der Waals surface area contributed by atoms with Gasteiger partial charge in [0.05, 0.1) is 6.61 Å². The number of carbonyl (C=O) groups excluding carboxylic acids is 1. The van der Waals surface area contributed by atoms with Crippen LogP contribution in [0.1, 0.15) is 24.2 Å². The summed E-state index contributed by atoms with van der Waals surface area (Å²) in [5.41, 5.74) is 0.551. The lowest BCUT2D eigenvalue weighted by Crippen LogP contribution is -2.39. The van der Waals surface area contributed by atoms with E-state index < -0.39 is 0 Å². The van der Waals surface area contributed by atoms with Crippen molar-refractivity contribution in [1.82, 2.24) is 9.88 Å². The van der Waals surface area contributed by atoms with Gasteiger partial charge in [0.1, 0.15) is 5.15 Å². The number of rotatable bonds is 5. The van der Waals surface area contributed by atoms with Crippen molar-refractivity contribution in [2.24, 2.45) is 0 Å². The molecule has 0 bridgehead atoms. The van der Waals surface area contributed by atoms with Gasteiger partial charge >= 0.3 is 0 Å². The van der Waals surface area contributed by atoms with Crippen LogP contribution in [0.2, 0.25) is 5.15 Å². The van der Waals surface area contributed by atoms with Crippen LogP contribution in [-0.4, -0.2) is 42.1 Å². The third-order valence-corrected chi connectivity index (χ3v) is 2.60. The van der Waals surface area contributed by atoms with E-state index >= 15 is 0 Å². The first kappa shape index (κ1) is 13.9. The minimum atomic E-state index is -0.0543. The van der Waals surface area contributed by atoms with Crippen LogP contribution in [0.25, 0.3) is 0 Å². The molecule has 0 saturated carbocycles. The van der Waals surface area contributed by atoms with E-state index in [4.69, 9.17) is 16.3 Å². The molecule has 0 spiro atoms. The fourth-order valence-electron chi connectivity index (χ4n) is 1.49. The van der Waals surface area contributed by atoms with Crippen LogP contribution in [0.5, 0.6) is 0 Å². The monoisotopic (exact) mass is 256 g/mol. The van der Waals surface area contributed by atoms with Crippen LogP contribution in [0.4, 0.5) is 0 Å². The van der Waals surface area contributed by atoms with Crippen molar-refractivity contribution in [3.05, 3.63) is 29.0 Å². The van der Waals surface area contributed by atoms with Crippen molar-refractivity contribution < 1.29 is 9.53 Å². The van der Waals surface area contributed by atoms with E-state index in [9.17, 15) is 4.79 Å². The Morgan fingerprint density at radius 2 is 2.29 bits per heavy atom.